The van der Waals surface area contributed by atoms with Gasteiger partial charge in [-0.15, -0.1) is 0 Å². The predicted octanol–water partition coefficient (Wildman–Crippen LogP) is 5.55. The summed E-state index contributed by atoms with van der Waals surface area (Å²) in [5.41, 5.74) is 1.64. The molecule has 0 bridgehead atoms. The fourth-order valence-electron chi connectivity index (χ4n) is 2.62. The normalized spacial score (nSPS) is 10.5. The maximum absolute atomic E-state index is 13.4. The van der Waals surface area contributed by atoms with Gasteiger partial charge in [0.1, 0.15) is 34.7 Å². The summed E-state index contributed by atoms with van der Waals surface area (Å²) in [6.07, 6.45) is 0. The van der Waals surface area contributed by atoms with Crippen LogP contribution in [-0.2, 0) is 0 Å². The lowest BCUT2D eigenvalue weighted by molar-refractivity contribution is 0.304. The molecule has 144 valence electrons. The van der Waals surface area contributed by atoms with Crippen molar-refractivity contribution in [2.45, 2.75) is 20.8 Å². The first-order valence-corrected chi connectivity index (χ1v) is 8.60. The molecule has 0 aromatic heterocycles. The average Bonchev–Trinajstić information content (AvgIpc) is 2.62. The molecule has 0 N–H and O–H groups in total. The van der Waals surface area contributed by atoms with E-state index in [1.54, 1.807) is 20.8 Å². The molecule has 0 heterocycles. The molecule has 0 aliphatic carbocycles. The van der Waals surface area contributed by atoms with Gasteiger partial charge in [-0.2, -0.15) is 0 Å². The summed E-state index contributed by atoms with van der Waals surface area (Å²) in [4.78, 5) is 0. The van der Waals surface area contributed by atoms with E-state index in [0.717, 1.165) is 0 Å². The Labute approximate surface area is 161 Å². The van der Waals surface area contributed by atoms with E-state index in [1.807, 2.05) is 0 Å². The summed E-state index contributed by atoms with van der Waals surface area (Å²) >= 11 is 0. The SMILES string of the molecule is Cc1cc(F)ccc1OB(Oc1ccc(F)cc1C)Oc1ccc(F)cc1C. The summed E-state index contributed by atoms with van der Waals surface area (Å²) in [7, 11) is -1.27. The molecule has 28 heavy (non-hydrogen) atoms. The number of rotatable bonds is 6. The van der Waals surface area contributed by atoms with Crippen molar-refractivity contribution in [2.24, 2.45) is 0 Å². The third kappa shape index (κ3) is 4.79. The third-order valence-electron chi connectivity index (χ3n) is 4.08. The summed E-state index contributed by atoms with van der Waals surface area (Å²) < 4.78 is 57.5. The third-order valence-corrected chi connectivity index (χ3v) is 4.08. The monoisotopic (exact) mass is 386 g/mol. The molecule has 3 rings (SSSR count). The van der Waals surface area contributed by atoms with Gasteiger partial charge in [0.2, 0.25) is 0 Å². The first-order valence-electron chi connectivity index (χ1n) is 8.60. The number of benzene rings is 3. The maximum Gasteiger partial charge on any atom is 0.864 e. The van der Waals surface area contributed by atoms with Crippen molar-refractivity contribution in [3.63, 3.8) is 0 Å². The zero-order chi connectivity index (χ0) is 20.3. The van der Waals surface area contributed by atoms with Crippen LogP contribution in [0.2, 0.25) is 0 Å². The summed E-state index contributed by atoms with van der Waals surface area (Å²) in [6.45, 7) is 5.05. The van der Waals surface area contributed by atoms with Crippen LogP contribution in [-0.4, -0.2) is 7.32 Å². The van der Waals surface area contributed by atoms with Gasteiger partial charge in [0.25, 0.3) is 0 Å². The highest BCUT2D eigenvalue weighted by Crippen LogP contribution is 2.25. The molecule has 3 nitrogen and oxygen atoms in total. The average molecular weight is 386 g/mol. The molecule has 0 unspecified atom stereocenters. The Kier molecular flexibility index (Phi) is 5.83. The topological polar surface area (TPSA) is 27.7 Å². The smallest absolute Gasteiger partial charge is 0.489 e. The van der Waals surface area contributed by atoms with Crippen LogP contribution >= 0.6 is 0 Å². The van der Waals surface area contributed by atoms with Crippen molar-refractivity contribution >= 4 is 7.32 Å². The zero-order valence-electron chi connectivity index (χ0n) is 15.6. The van der Waals surface area contributed by atoms with Crippen LogP contribution in [0.5, 0.6) is 17.2 Å². The van der Waals surface area contributed by atoms with Gasteiger partial charge in [-0.25, -0.2) is 13.2 Å². The molecule has 0 radical (unpaired) electrons. The lowest BCUT2D eigenvalue weighted by Gasteiger charge is -2.19. The molecule has 0 aliphatic heterocycles. The quantitative estimate of drug-likeness (QED) is 0.520. The van der Waals surface area contributed by atoms with Gasteiger partial charge in [-0.05, 0) is 92.1 Å². The largest absolute Gasteiger partial charge is 0.864 e. The van der Waals surface area contributed by atoms with Gasteiger partial charge in [-0.3, -0.25) is 0 Å². The number of hydrogen-bond acceptors (Lipinski definition) is 3. The molecule has 0 fully saturated rings. The highest BCUT2D eigenvalue weighted by atomic mass is 19.1. The van der Waals surface area contributed by atoms with Crippen LogP contribution in [0.15, 0.2) is 54.6 Å². The van der Waals surface area contributed by atoms with Crippen molar-refractivity contribution in [3.05, 3.63) is 88.7 Å². The molecule has 0 spiro atoms. The van der Waals surface area contributed by atoms with Crippen LogP contribution in [0.25, 0.3) is 0 Å². The summed E-state index contributed by atoms with van der Waals surface area (Å²) in [5.74, 6) is -0.131. The van der Waals surface area contributed by atoms with E-state index in [9.17, 15) is 13.2 Å². The zero-order valence-corrected chi connectivity index (χ0v) is 15.6. The maximum atomic E-state index is 13.4. The number of halogens is 3. The van der Waals surface area contributed by atoms with Gasteiger partial charge < -0.3 is 14.0 Å². The van der Waals surface area contributed by atoms with Crippen LogP contribution in [0, 0.1) is 38.2 Å². The summed E-state index contributed by atoms with van der Waals surface area (Å²) in [5, 5.41) is 0. The Morgan fingerprint density at radius 1 is 0.536 bits per heavy atom. The van der Waals surface area contributed by atoms with Gasteiger partial charge >= 0.3 is 7.32 Å². The van der Waals surface area contributed by atoms with Crippen LogP contribution < -0.4 is 14.0 Å². The van der Waals surface area contributed by atoms with Crippen molar-refractivity contribution in [1.82, 2.24) is 0 Å². The fraction of sp³-hybridized carbons (Fsp3) is 0.143. The lowest BCUT2D eigenvalue weighted by atomic mass is 10.1. The Bertz CT molecular complexity index is 867. The predicted molar refractivity (Wildman–Crippen MR) is 101 cm³/mol. The molecule has 0 saturated heterocycles. The second kappa shape index (κ2) is 8.29. The highest BCUT2D eigenvalue weighted by molar-refractivity contribution is 6.39. The van der Waals surface area contributed by atoms with E-state index in [-0.39, 0.29) is 0 Å². The molecular weight excluding hydrogens is 368 g/mol. The first-order chi connectivity index (χ1) is 13.3. The molecule has 0 atom stereocenters. The van der Waals surface area contributed by atoms with Crippen molar-refractivity contribution < 1.29 is 27.1 Å². The minimum absolute atomic E-state index is 0.353. The molecule has 7 heteroatoms. The van der Waals surface area contributed by atoms with Crippen molar-refractivity contribution in [1.29, 1.82) is 0 Å². The van der Waals surface area contributed by atoms with Gasteiger partial charge in [0, 0.05) is 0 Å². The lowest BCUT2D eigenvalue weighted by Crippen LogP contribution is -2.37. The number of aryl methyl sites for hydroxylation is 3. The minimum atomic E-state index is -1.27. The fourth-order valence-corrected chi connectivity index (χ4v) is 2.62. The number of hydrogen-bond donors (Lipinski definition) is 0. The standard InChI is InChI=1S/C21H18BF3O3/c1-13-10-16(23)4-7-19(13)26-22(27-20-8-5-17(24)11-14(20)2)28-21-9-6-18(25)12-15(21)3/h4-12H,1-3H3. The van der Waals surface area contributed by atoms with Gasteiger partial charge in [0.15, 0.2) is 0 Å². The molecular formula is C21H18BF3O3. The molecule has 0 saturated carbocycles. The van der Waals surface area contributed by atoms with E-state index >= 15 is 0 Å². The Balaban J connectivity index is 1.90. The summed E-state index contributed by atoms with van der Waals surface area (Å²) in [6, 6.07) is 12.1. The Morgan fingerprint density at radius 3 is 1.07 bits per heavy atom. The van der Waals surface area contributed by atoms with E-state index < -0.39 is 24.8 Å². The van der Waals surface area contributed by atoms with E-state index in [2.05, 4.69) is 0 Å². The van der Waals surface area contributed by atoms with Crippen LogP contribution in [0.4, 0.5) is 13.2 Å². The van der Waals surface area contributed by atoms with Gasteiger partial charge in [0.05, 0.1) is 0 Å². The van der Waals surface area contributed by atoms with E-state index in [1.165, 1.54) is 54.6 Å². The second-order valence-corrected chi connectivity index (χ2v) is 6.37. The van der Waals surface area contributed by atoms with Gasteiger partial charge in [-0.1, -0.05) is 0 Å². The molecule has 0 amide bonds. The molecule has 0 aliphatic rings. The molecule has 3 aromatic carbocycles. The molecule has 3 aromatic rings. The highest BCUT2D eigenvalue weighted by Gasteiger charge is 2.32. The minimum Gasteiger partial charge on any atom is -0.489 e. The Hall–Kier alpha value is -3.09. The first kappa shape index (κ1) is 19.7. The second-order valence-electron chi connectivity index (χ2n) is 6.37. The van der Waals surface area contributed by atoms with Crippen molar-refractivity contribution in [2.75, 3.05) is 0 Å². The van der Waals surface area contributed by atoms with Crippen molar-refractivity contribution in [3.8, 4) is 17.2 Å². The van der Waals surface area contributed by atoms with Crippen LogP contribution in [0.3, 0.4) is 0 Å². The van der Waals surface area contributed by atoms with E-state index in [0.29, 0.717) is 33.9 Å². The van der Waals surface area contributed by atoms with Crippen LogP contribution in [0.1, 0.15) is 16.7 Å². The van der Waals surface area contributed by atoms with E-state index in [4.69, 9.17) is 14.0 Å². The Morgan fingerprint density at radius 2 is 0.821 bits per heavy atom.